The van der Waals surface area contributed by atoms with E-state index < -0.39 is 27.3 Å². The molecule has 0 aliphatic carbocycles. The summed E-state index contributed by atoms with van der Waals surface area (Å²) in [7, 11) is -2.40. The van der Waals surface area contributed by atoms with E-state index in [2.05, 4.69) is 0 Å². The molecule has 2 aliphatic heterocycles. The Morgan fingerprint density at radius 2 is 1.60 bits per heavy atom. The third-order valence-electron chi connectivity index (χ3n) is 5.03. The summed E-state index contributed by atoms with van der Waals surface area (Å²) in [6.07, 6.45) is -2.40. The van der Waals surface area contributed by atoms with Crippen molar-refractivity contribution >= 4 is 15.9 Å². The third kappa shape index (κ3) is 2.93. The predicted molar refractivity (Wildman–Crippen MR) is 84.2 cm³/mol. The van der Waals surface area contributed by atoms with Crippen LogP contribution in [0.1, 0.15) is 31.2 Å². The van der Waals surface area contributed by atoms with E-state index in [0.29, 0.717) is 32.2 Å². The van der Waals surface area contributed by atoms with E-state index >= 15 is 0 Å². The highest BCUT2D eigenvalue weighted by molar-refractivity contribution is 7.89. The topological polar surface area (TPSA) is 57.7 Å². The number of rotatable bonds is 2. The number of likely N-dealkylation sites (N-methyl/N-ethyl adjacent to an activating group) is 1. The second-order valence-electron chi connectivity index (χ2n) is 6.56. The van der Waals surface area contributed by atoms with Gasteiger partial charge in [0.05, 0.1) is 10.5 Å². The van der Waals surface area contributed by atoms with Gasteiger partial charge in [-0.15, -0.1) is 0 Å². The molecule has 0 N–H and O–H groups in total. The van der Waals surface area contributed by atoms with Crippen LogP contribution in [0.2, 0.25) is 0 Å². The van der Waals surface area contributed by atoms with Crippen molar-refractivity contribution in [2.75, 3.05) is 20.1 Å². The molecule has 25 heavy (non-hydrogen) atoms. The monoisotopic (exact) mass is 376 g/mol. The Balaban J connectivity index is 1.98. The van der Waals surface area contributed by atoms with Gasteiger partial charge in [-0.25, -0.2) is 8.42 Å². The molecule has 1 amide bonds. The molecule has 138 valence electrons. The summed E-state index contributed by atoms with van der Waals surface area (Å²) in [6, 6.07) is 3.43. The van der Waals surface area contributed by atoms with Crippen LogP contribution >= 0.6 is 0 Å². The van der Waals surface area contributed by atoms with Gasteiger partial charge in [0, 0.05) is 20.1 Å². The fraction of sp³-hybridized carbons (Fsp3) is 0.562. The highest BCUT2D eigenvalue weighted by atomic mass is 32.2. The summed E-state index contributed by atoms with van der Waals surface area (Å²) in [5, 5.41) is 0. The van der Waals surface area contributed by atoms with Gasteiger partial charge >= 0.3 is 6.18 Å². The molecule has 9 heteroatoms. The molecule has 2 saturated heterocycles. The second kappa shape index (κ2) is 5.98. The van der Waals surface area contributed by atoms with Gasteiger partial charge in [0.25, 0.3) is 0 Å². The van der Waals surface area contributed by atoms with E-state index in [9.17, 15) is 26.4 Å². The molecule has 2 aliphatic rings. The maximum absolute atomic E-state index is 13.0. The predicted octanol–water partition coefficient (Wildman–Crippen LogP) is 2.48. The van der Waals surface area contributed by atoms with E-state index in [-0.39, 0.29) is 17.3 Å². The Bertz CT molecular complexity index is 777. The lowest BCUT2D eigenvalue weighted by molar-refractivity contribution is -0.142. The third-order valence-corrected chi connectivity index (χ3v) is 7.01. The number of sulfonamides is 1. The van der Waals surface area contributed by atoms with Crippen molar-refractivity contribution in [2.45, 2.75) is 42.3 Å². The second-order valence-corrected chi connectivity index (χ2v) is 8.43. The van der Waals surface area contributed by atoms with Crippen LogP contribution in [0, 0.1) is 0 Å². The Labute approximate surface area is 144 Å². The smallest absolute Gasteiger partial charge is 0.344 e. The lowest BCUT2D eigenvalue weighted by Crippen LogP contribution is -2.60. The molecular formula is C16H19F3N2O3S. The first-order valence-electron chi connectivity index (χ1n) is 8.05. The average Bonchev–Trinajstić information content (AvgIpc) is 2.97. The molecule has 2 heterocycles. The van der Waals surface area contributed by atoms with Crippen LogP contribution in [0.15, 0.2) is 29.2 Å². The minimum absolute atomic E-state index is 0.197. The molecular weight excluding hydrogens is 357 g/mol. The number of halogens is 3. The van der Waals surface area contributed by atoms with E-state index in [1.54, 1.807) is 7.05 Å². The summed E-state index contributed by atoms with van der Waals surface area (Å²) < 4.78 is 65.2. The van der Waals surface area contributed by atoms with Crippen molar-refractivity contribution < 1.29 is 26.4 Å². The maximum atomic E-state index is 13.0. The van der Waals surface area contributed by atoms with Crippen molar-refractivity contribution in [3.05, 3.63) is 29.8 Å². The summed E-state index contributed by atoms with van der Waals surface area (Å²) in [6.45, 7) is 0.775. The van der Waals surface area contributed by atoms with Gasteiger partial charge in [0.2, 0.25) is 15.9 Å². The van der Waals surface area contributed by atoms with Gasteiger partial charge in [-0.1, -0.05) is 0 Å². The fourth-order valence-electron chi connectivity index (χ4n) is 3.78. The zero-order chi connectivity index (χ0) is 18.5. The zero-order valence-corrected chi connectivity index (χ0v) is 14.5. The summed E-state index contributed by atoms with van der Waals surface area (Å²) in [5.41, 5.74) is -2.01. The standard InChI is InChI=1S/C16H19F3N2O3S/c1-20-10-2-8-15(14(20)22)9-3-11-21(15)25(23,24)13-6-4-12(5-7-13)16(17,18)19/h4-7H,2-3,8-11H2,1H3. The number of likely N-dealkylation sites (tertiary alicyclic amines) is 1. The van der Waals surface area contributed by atoms with Crippen LogP contribution < -0.4 is 0 Å². The van der Waals surface area contributed by atoms with Crippen LogP contribution in [0.4, 0.5) is 13.2 Å². The minimum Gasteiger partial charge on any atom is -0.344 e. The number of nitrogens with zero attached hydrogens (tertiary/aromatic N) is 2. The number of benzene rings is 1. The van der Waals surface area contributed by atoms with Crippen molar-refractivity contribution in [3.8, 4) is 0 Å². The first-order chi connectivity index (χ1) is 11.6. The van der Waals surface area contributed by atoms with Gasteiger partial charge < -0.3 is 4.90 Å². The van der Waals surface area contributed by atoms with Crippen molar-refractivity contribution in [1.29, 1.82) is 0 Å². The Morgan fingerprint density at radius 3 is 2.16 bits per heavy atom. The Morgan fingerprint density at radius 1 is 1.04 bits per heavy atom. The number of alkyl halides is 3. The van der Waals surface area contributed by atoms with Gasteiger partial charge in [-0.3, -0.25) is 4.79 Å². The van der Waals surface area contributed by atoms with Gasteiger partial charge in [0.15, 0.2) is 0 Å². The summed E-state index contributed by atoms with van der Waals surface area (Å²) in [4.78, 5) is 14.0. The molecule has 1 aromatic carbocycles. The van der Waals surface area contributed by atoms with Gasteiger partial charge in [0.1, 0.15) is 5.54 Å². The lowest BCUT2D eigenvalue weighted by Gasteiger charge is -2.42. The molecule has 2 fully saturated rings. The molecule has 0 radical (unpaired) electrons. The number of amides is 1. The highest BCUT2D eigenvalue weighted by Gasteiger charge is 2.54. The largest absolute Gasteiger partial charge is 0.416 e. The van der Waals surface area contributed by atoms with E-state index in [4.69, 9.17) is 0 Å². The molecule has 0 saturated carbocycles. The van der Waals surface area contributed by atoms with Crippen LogP contribution in [-0.2, 0) is 21.0 Å². The Hall–Kier alpha value is -1.61. The highest BCUT2D eigenvalue weighted by Crippen LogP contribution is 2.41. The number of piperidine rings is 1. The molecule has 3 rings (SSSR count). The zero-order valence-electron chi connectivity index (χ0n) is 13.7. The molecule has 5 nitrogen and oxygen atoms in total. The fourth-order valence-corrected chi connectivity index (χ4v) is 5.61. The first kappa shape index (κ1) is 18.2. The number of carbonyl (C=O) groups is 1. The van der Waals surface area contributed by atoms with Crippen LogP contribution in [-0.4, -0.2) is 49.2 Å². The first-order valence-corrected chi connectivity index (χ1v) is 9.49. The molecule has 1 atom stereocenters. The number of carbonyl (C=O) groups excluding carboxylic acids is 1. The lowest BCUT2D eigenvalue weighted by atomic mass is 9.87. The molecule has 1 spiro atoms. The minimum atomic E-state index is -4.53. The van der Waals surface area contributed by atoms with E-state index in [1.807, 2.05) is 0 Å². The number of hydrogen-bond donors (Lipinski definition) is 0. The van der Waals surface area contributed by atoms with E-state index in [0.717, 1.165) is 24.3 Å². The summed E-state index contributed by atoms with van der Waals surface area (Å²) in [5.74, 6) is -0.230. The van der Waals surface area contributed by atoms with Crippen LogP contribution in [0.5, 0.6) is 0 Å². The average molecular weight is 376 g/mol. The van der Waals surface area contributed by atoms with Gasteiger partial charge in [-0.2, -0.15) is 17.5 Å². The van der Waals surface area contributed by atoms with E-state index in [1.165, 1.54) is 9.21 Å². The van der Waals surface area contributed by atoms with Crippen molar-refractivity contribution in [3.63, 3.8) is 0 Å². The van der Waals surface area contributed by atoms with Crippen LogP contribution in [0.3, 0.4) is 0 Å². The quantitative estimate of drug-likeness (QED) is 0.797. The number of hydrogen-bond acceptors (Lipinski definition) is 3. The molecule has 0 aromatic heterocycles. The maximum Gasteiger partial charge on any atom is 0.416 e. The van der Waals surface area contributed by atoms with Crippen LogP contribution in [0.25, 0.3) is 0 Å². The Kier molecular flexibility index (Phi) is 4.35. The van der Waals surface area contributed by atoms with Crippen molar-refractivity contribution in [2.24, 2.45) is 0 Å². The molecule has 0 bridgehead atoms. The SMILES string of the molecule is CN1CCCC2(CCCN2S(=O)(=O)c2ccc(C(F)(F)F)cc2)C1=O. The normalized spacial score (nSPS) is 25.8. The molecule has 1 aromatic rings. The molecule has 1 unspecified atom stereocenters. The van der Waals surface area contributed by atoms with Gasteiger partial charge in [-0.05, 0) is 49.9 Å². The van der Waals surface area contributed by atoms with Crippen molar-refractivity contribution in [1.82, 2.24) is 9.21 Å². The summed E-state index contributed by atoms with van der Waals surface area (Å²) >= 11 is 0.